The monoisotopic (exact) mass is 636 g/mol. The van der Waals surface area contributed by atoms with E-state index >= 15 is 0 Å². The first-order valence-electron chi connectivity index (χ1n) is 17.6. The predicted octanol–water partition coefficient (Wildman–Crippen LogP) is 12.8. The molecule has 0 saturated carbocycles. The first kappa shape index (κ1) is 27.6. The van der Waals surface area contributed by atoms with Crippen LogP contribution in [0.2, 0.25) is 0 Å². The van der Waals surface area contributed by atoms with Gasteiger partial charge in [-0.3, -0.25) is 0 Å². The predicted molar refractivity (Wildman–Crippen MR) is 213 cm³/mol. The highest BCUT2D eigenvalue weighted by molar-refractivity contribution is 6.22. The number of allylic oxidation sites excluding steroid dienone is 1. The van der Waals surface area contributed by atoms with Gasteiger partial charge < -0.3 is 9.13 Å². The second kappa shape index (κ2) is 10.6. The summed E-state index contributed by atoms with van der Waals surface area (Å²) in [4.78, 5) is 0. The van der Waals surface area contributed by atoms with Crippen molar-refractivity contribution in [3.05, 3.63) is 175 Å². The molecule has 0 N–H and O–H groups in total. The Bertz CT molecular complexity index is 3020. The summed E-state index contributed by atoms with van der Waals surface area (Å²) >= 11 is 0. The second-order valence-corrected chi connectivity index (χ2v) is 13.6. The molecule has 0 saturated heterocycles. The second-order valence-electron chi connectivity index (χ2n) is 13.6. The molecule has 0 radical (unpaired) electrons. The minimum atomic E-state index is 1.07. The summed E-state index contributed by atoms with van der Waals surface area (Å²) in [5, 5.41) is 11.6. The molecule has 2 nitrogen and oxygen atoms in total. The van der Waals surface area contributed by atoms with E-state index in [1.807, 2.05) is 0 Å². The maximum atomic E-state index is 2.45. The SMILES string of the molecule is C1=Cc2c(c3c4ccc(-c5ccc6c(ccc7c6c6ccccc6n7-c6cccc7ccccc67)c5)cc4ccc3n2-c2ccccc2)CC1. The van der Waals surface area contributed by atoms with Crippen molar-refractivity contribution in [1.29, 1.82) is 0 Å². The maximum Gasteiger partial charge on any atom is 0.0547 e. The maximum absolute atomic E-state index is 2.45. The fourth-order valence-corrected chi connectivity index (χ4v) is 8.74. The van der Waals surface area contributed by atoms with E-state index < -0.39 is 0 Å². The topological polar surface area (TPSA) is 9.86 Å². The van der Waals surface area contributed by atoms with Crippen LogP contribution in [-0.2, 0) is 6.42 Å². The van der Waals surface area contributed by atoms with Crippen LogP contribution in [0.3, 0.4) is 0 Å². The van der Waals surface area contributed by atoms with Crippen molar-refractivity contribution in [3.8, 4) is 22.5 Å². The lowest BCUT2D eigenvalue weighted by Gasteiger charge is -2.12. The molecule has 0 aliphatic heterocycles. The van der Waals surface area contributed by atoms with E-state index in [1.165, 1.54) is 98.8 Å². The summed E-state index contributed by atoms with van der Waals surface area (Å²) in [6, 6.07) is 58.2. The van der Waals surface area contributed by atoms with E-state index in [1.54, 1.807) is 0 Å². The van der Waals surface area contributed by atoms with Crippen LogP contribution in [0, 0.1) is 0 Å². The Kier molecular flexibility index (Phi) is 5.82. The van der Waals surface area contributed by atoms with Gasteiger partial charge >= 0.3 is 0 Å². The average molecular weight is 637 g/mol. The minimum Gasteiger partial charge on any atom is -0.310 e. The normalized spacial score (nSPS) is 13.0. The number of benzene rings is 8. The minimum absolute atomic E-state index is 1.07. The zero-order valence-corrected chi connectivity index (χ0v) is 27.5. The molecule has 1 aliphatic carbocycles. The molecule has 50 heavy (non-hydrogen) atoms. The van der Waals surface area contributed by atoms with Crippen molar-refractivity contribution in [1.82, 2.24) is 9.13 Å². The van der Waals surface area contributed by atoms with Crippen LogP contribution < -0.4 is 0 Å². The van der Waals surface area contributed by atoms with Crippen molar-refractivity contribution in [2.75, 3.05) is 0 Å². The van der Waals surface area contributed by atoms with Gasteiger partial charge in [0.1, 0.15) is 0 Å². The summed E-state index contributed by atoms with van der Waals surface area (Å²) in [5.74, 6) is 0. The van der Waals surface area contributed by atoms with Gasteiger partial charge in [0.25, 0.3) is 0 Å². The lowest BCUT2D eigenvalue weighted by Crippen LogP contribution is -1.99. The number of para-hydroxylation sites is 2. The highest BCUT2D eigenvalue weighted by Crippen LogP contribution is 2.41. The van der Waals surface area contributed by atoms with Crippen LogP contribution in [0.5, 0.6) is 0 Å². The molecule has 2 aromatic heterocycles. The van der Waals surface area contributed by atoms with Gasteiger partial charge in [0, 0.05) is 32.9 Å². The molecule has 1 aliphatic rings. The van der Waals surface area contributed by atoms with Gasteiger partial charge in [0.05, 0.1) is 22.2 Å². The number of nitrogens with zero attached hydrogens (tertiary/aromatic N) is 2. The third-order valence-electron chi connectivity index (χ3n) is 10.9. The Labute approximate surface area is 289 Å². The van der Waals surface area contributed by atoms with Crippen LogP contribution in [0.1, 0.15) is 17.7 Å². The van der Waals surface area contributed by atoms with Crippen LogP contribution in [0.25, 0.3) is 93.6 Å². The van der Waals surface area contributed by atoms with Crippen LogP contribution in [-0.4, -0.2) is 9.13 Å². The van der Waals surface area contributed by atoms with E-state index in [2.05, 4.69) is 179 Å². The molecule has 0 fully saturated rings. The van der Waals surface area contributed by atoms with Crippen LogP contribution >= 0.6 is 0 Å². The van der Waals surface area contributed by atoms with E-state index in [0.717, 1.165) is 12.8 Å². The van der Waals surface area contributed by atoms with Gasteiger partial charge in [-0.2, -0.15) is 0 Å². The third kappa shape index (κ3) is 3.90. The van der Waals surface area contributed by atoms with Gasteiger partial charge in [0.2, 0.25) is 0 Å². The Balaban J connectivity index is 1.08. The molecule has 0 amide bonds. The molecule has 0 atom stereocenters. The van der Waals surface area contributed by atoms with Gasteiger partial charge in [0.15, 0.2) is 0 Å². The number of aryl methyl sites for hydroxylation is 1. The Morgan fingerprint density at radius 3 is 1.88 bits per heavy atom. The van der Waals surface area contributed by atoms with Crippen molar-refractivity contribution < 1.29 is 0 Å². The Morgan fingerprint density at radius 2 is 1.08 bits per heavy atom. The quantitative estimate of drug-likeness (QED) is 0.183. The van der Waals surface area contributed by atoms with Crippen molar-refractivity contribution in [2.24, 2.45) is 0 Å². The molecule has 11 rings (SSSR count). The van der Waals surface area contributed by atoms with E-state index in [4.69, 9.17) is 0 Å². The molecule has 10 aromatic rings. The van der Waals surface area contributed by atoms with Crippen molar-refractivity contribution >= 4 is 71.1 Å². The fourth-order valence-electron chi connectivity index (χ4n) is 8.74. The molecule has 234 valence electrons. The highest BCUT2D eigenvalue weighted by Gasteiger charge is 2.21. The average Bonchev–Trinajstić information content (AvgIpc) is 3.71. The number of fused-ring (bicyclic) bond motifs is 11. The van der Waals surface area contributed by atoms with Gasteiger partial charge in [-0.15, -0.1) is 0 Å². The standard InChI is InChI=1S/C48H32N2/c1-2-13-36(14-3-1)49-43-18-8-6-16-40(43)47-38-25-21-32(29-34(38)23-27-45(47)49)33-22-26-39-35(30-33)24-28-46-48(39)41-17-7-9-19-44(41)50(46)42-20-10-12-31-11-4-5-15-37(31)42/h1-5,7-15,17-30H,6,16H2. The Hall–Kier alpha value is -6.38. The van der Waals surface area contributed by atoms with Crippen molar-refractivity contribution in [2.45, 2.75) is 12.8 Å². The molecule has 0 bridgehead atoms. The van der Waals surface area contributed by atoms with Crippen LogP contribution in [0.15, 0.2) is 164 Å². The smallest absolute Gasteiger partial charge is 0.0547 e. The summed E-state index contributed by atoms with van der Waals surface area (Å²) in [7, 11) is 0. The molecule has 8 aromatic carbocycles. The zero-order chi connectivity index (χ0) is 32.8. The molecule has 0 spiro atoms. The van der Waals surface area contributed by atoms with Gasteiger partial charge in [-0.05, 0) is 111 Å². The molecule has 0 unspecified atom stereocenters. The first-order valence-corrected chi connectivity index (χ1v) is 17.6. The summed E-state index contributed by atoms with van der Waals surface area (Å²) in [5.41, 5.74) is 11.4. The van der Waals surface area contributed by atoms with Gasteiger partial charge in [-0.1, -0.05) is 115 Å². The van der Waals surface area contributed by atoms with Crippen LogP contribution in [0.4, 0.5) is 0 Å². The summed E-state index contributed by atoms with van der Waals surface area (Å²) < 4.78 is 4.89. The number of rotatable bonds is 3. The zero-order valence-electron chi connectivity index (χ0n) is 27.5. The molecular formula is C48H32N2. The first-order chi connectivity index (χ1) is 24.8. The summed E-state index contributed by atoms with van der Waals surface area (Å²) in [6.07, 6.45) is 6.78. The van der Waals surface area contributed by atoms with E-state index in [0.29, 0.717) is 0 Å². The molecular weight excluding hydrogens is 605 g/mol. The lowest BCUT2D eigenvalue weighted by molar-refractivity contribution is 0.968. The van der Waals surface area contributed by atoms with E-state index in [9.17, 15) is 0 Å². The molecule has 2 heterocycles. The number of hydrogen-bond acceptors (Lipinski definition) is 0. The van der Waals surface area contributed by atoms with E-state index in [-0.39, 0.29) is 0 Å². The highest BCUT2D eigenvalue weighted by atomic mass is 15.0. The van der Waals surface area contributed by atoms with Gasteiger partial charge in [-0.25, -0.2) is 0 Å². The fraction of sp³-hybridized carbons (Fsp3) is 0.0417. The number of hydrogen-bond donors (Lipinski definition) is 0. The largest absolute Gasteiger partial charge is 0.310 e. The Morgan fingerprint density at radius 1 is 0.420 bits per heavy atom. The molecule has 2 heteroatoms. The summed E-state index contributed by atoms with van der Waals surface area (Å²) in [6.45, 7) is 0. The van der Waals surface area contributed by atoms with Crippen molar-refractivity contribution in [3.63, 3.8) is 0 Å². The third-order valence-corrected chi connectivity index (χ3v) is 10.9. The number of aromatic nitrogens is 2. The lowest BCUT2D eigenvalue weighted by atomic mass is 9.94.